The van der Waals surface area contributed by atoms with Crippen LogP contribution < -0.4 is 11.1 Å². The minimum absolute atomic E-state index is 0.153. The van der Waals surface area contributed by atoms with E-state index in [0.29, 0.717) is 5.82 Å². The summed E-state index contributed by atoms with van der Waals surface area (Å²) in [5.74, 6) is 1.13. The number of nitrogens with zero attached hydrogens (tertiary/aromatic N) is 4. The molecule has 2 heterocycles. The SMILES string of the molecule is CCCCNc1nc(N)nc2c1ncn2[C@H]1C=C[C@@H](CO)C1. The van der Waals surface area contributed by atoms with Gasteiger partial charge in [0, 0.05) is 19.1 Å². The lowest BCUT2D eigenvalue weighted by Crippen LogP contribution is -2.10. The molecule has 0 fully saturated rings. The Labute approximate surface area is 129 Å². The first-order valence-electron chi connectivity index (χ1n) is 7.76. The van der Waals surface area contributed by atoms with Crippen molar-refractivity contribution < 1.29 is 5.11 Å². The van der Waals surface area contributed by atoms with E-state index < -0.39 is 0 Å². The number of nitrogen functional groups attached to an aromatic ring is 1. The van der Waals surface area contributed by atoms with Crippen LogP contribution >= 0.6 is 0 Å². The van der Waals surface area contributed by atoms with Gasteiger partial charge < -0.3 is 20.7 Å². The van der Waals surface area contributed by atoms with Crippen molar-refractivity contribution in [3.63, 3.8) is 0 Å². The number of imidazole rings is 1. The van der Waals surface area contributed by atoms with Gasteiger partial charge in [-0.05, 0) is 12.8 Å². The third kappa shape index (κ3) is 2.76. The number of aliphatic hydroxyl groups is 1. The van der Waals surface area contributed by atoms with Crippen molar-refractivity contribution >= 4 is 22.9 Å². The van der Waals surface area contributed by atoms with Crippen molar-refractivity contribution in [3.8, 4) is 0 Å². The third-order valence-electron chi connectivity index (χ3n) is 4.00. The maximum absolute atomic E-state index is 9.27. The molecule has 2 aromatic heterocycles. The van der Waals surface area contributed by atoms with Crippen LogP contribution in [-0.2, 0) is 0 Å². The zero-order valence-corrected chi connectivity index (χ0v) is 12.7. The van der Waals surface area contributed by atoms with Gasteiger partial charge in [-0.25, -0.2) is 4.98 Å². The molecular formula is C15H22N6O. The predicted molar refractivity (Wildman–Crippen MR) is 86.5 cm³/mol. The smallest absolute Gasteiger partial charge is 0.224 e. The average Bonchev–Trinajstić information content (AvgIpc) is 3.13. The molecule has 0 amide bonds. The van der Waals surface area contributed by atoms with Crippen LogP contribution in [0.5, 0.6) is 0 Å². The summed E-state index contributed by atoms with van der Waals surface area (Å²) in [7, 11) is 0. The van der Waals surface area contributed by atoms with E-state index in [9.17, 15) is 5.11 Å². The second kappa shape index (κ2) is 6.31. The normalized spacial score (nSPS) is 20.8. The number of aliphatic hydroxyl groups excluding tert-OH is 1. The van der Waals surface area contributed by atoms with Crippen molar-refractivity contribution in [2.24, 2.45) is 5.92 Å². The number of fused-ring (bicyclic) bond motifs is 1. The lowest BCUT2D eigenvalue weighted by Gasteiger charge is -2.13. The summed E-state index contributed by atoms with van der Waals surface area (Å²) in [5.41, 5.74) is 7.33. The number of nitrogens with two attached hydrogens (primary N) is 1. The number of allylic oxidation sites excluding steroid dienone is 1. The fourth-order valence-corrected chi connectivity index (χ4v) is 2.78. The molecule has 0 saturated heterocycles. The van der Waals surface area contributed by atoms with Crippen molar-refractivity contribution in [1.82, 2.24) is 19.5 Å². The van der Waals surface area contributed by atoms with E-state index in [2.05, 4.69) is 33.3 Å². The van der Waals surface area contributed by atoms with E-state index in [1.54, 1.807) is 6.33 Å². The van der Waals surface area contributed by atoms with E-state index in [1.165, 1.54) is 0 Å². The van der Waals surface area contributed by atoms with Gasteiger partial charge in [-0.15, -0.1) is 0 Å². The van der Waals surface area contributed by atoms with Gasteiger partial charge in [-0.1, -0.05) is 25.5 Å². The van der Waals surface area contributed by atoms with Gasteiger partial charge in [-0.2, -0.15) is 9.97 Å². The van der Waals surface area contributed by atoms with Gasteiger partial charge in [0.2, 0.25) is 5.95 Å². The van der Waals surface area contributed by atoms with Crippen LogP contribution in [0.3, 0.4) is 0 Å². The molecule has 0 aromatic carbocycles. The van der Waals surface area contributed by atoms with E-state index in [-0.39, 0.29) is 24.5 Å². The summed E-state index contributed by atoms with van der Waals surface area (Å²) < 4.78 is 2.00. The molecule has 2 atom stereocenters. The quantitative estimate of drug-likeness (QED) is 0.555. The molecule has 7 nitrogen and oxygen atoms in total. The van der Waals surface area contributed by atoms with Crippen molar-refractivity contribution in [1.29, 1.82) is 0 Å². The molecule has 0 spiro atoms. The Balaban J connectivity index is 1.92. The number of unbranched alkanes of at least 4 members (excludes halogenated alkanes) is 1. The van der Waals surface area contributed by atoms with Crippen LogP contribution in [0, 0.1) is 5.92 Å². The van der Waals surface area contributed by atoms with Crippen LogP contribution in [0.15, 0.2) is 18.5 Å². The minimum atomic E-state index is 0.153. The summed E-state index contributed by atoms with van der Waals surface area (Å²) >= 11 is 0. The van der Waals surface area contributed by atoms with E-state index >= 15 is 0 Å². The standard InChI is InChI=1S/C15H22N6O/c1-2-3-6-17-13-12-14(20-15(16)19-13)21(9-18-12)11-5-4-10(7-11)8-22/h4-5,9-11,22H,2-3,6-8H2,1H3,(H3,16,17,19,20)/t10-,11+/m1/s1. The van der Waals surface area contributed by atoms with Crippen LogP contribution in [0.25, 0.3) is 11.2 Å². The Morgan fingerprint density at radius 2 is 2.27 bits per heavy atom. The van der Waals surface area contributed by atoms with Crippen molar-refractivity contribution in [2.45, 2.75) is 32.2 Å². The third-order valence-corrected chi connectivity index (χ3v) is 4.00. The maximum Gasteiger partial charge on any atom is 0.224 e. The largest absolute Gasteiger partial charge is 0.396 e. The predicted octanol–water partition coefficient (Wildman–Crippen LogP) is 1.73. The number of nitrogens with one attached hydrogen (secondary N) is 1. The average molecular weight is 302 g/mol. The highest BCUT2D eigenvalue weighted by atomic mass is 16.3. The highest BCUT2D eigenvalue weighted by Crippen LogP contribution is 2.31. The van der Waals surface area contributed by atoms with Crippen molar-refractivity contribution in [2.75, 3.05) is 24.2 Å². The van der Waals surface area contributed by atoms with E-state index in [4.69, 9.17) is 5.73 Å². The monoisotopic (exact) mass is 302 g/mol. The highest BCUT2D eigenvalue weighted by Gasteiger charge is 2.22. The molecular weight excluding hydrogens is 280 g/mol. The molecule has 1 aliphatic rings. The van der Waals surface area contributed by atoms with Gasteiger partial charge >= 0.3 is 0 Å². The van der Waals surface area contributed by atoms with Gasteiger partial charge in [0.05, 0.1) is 12.4 Å². The van der Waals surface area contributed by atoms with Crippen LogP contribution in [0.1, 0.15) is 32.2 Å². The molecule has 0 aliphatic heterocycles. The van der Waals surface area contributed by atoms with Crippen LogP contribution in [0.2, 0.25) is 0 Å². The maximum atomic E-state index is 9.27. The van der Waals surface area contributed by atoms with Crippen LogP contribution in [-0.4, -0.2) is 37.8 Å². The molecule has 0 unspecified atom stereocenters. The Hall–Kier alpha value is -2.15. The molecule has 1 aliphatic carbocycles. The number of aromatic nitrogens is 4. The van der Waals surface area contributed by atoms with Gasteiger partial charge in [0.25, 0.3) is 0 Å². The second-order valence-electron chi connectivity index (χ2n) is 5.67. The highest BCUT2D eigenvalue weighted by molar-refractivity contribution is 5.84. The molecule has 2 aromatic rings. The summed E-state index contributed by atoms with van der Waals surface area (Å²) in [6.45, 7) is 3.15. The Morgan fingerprint density at radius 1 is 1.41 bits per heavy atom. The number of anilines is 2. The van der Waals surface area contributed by atoms with Crippen LogP contribution in [0.4, 0.5) is 11.8 Å². The molecule has 118 valence electrons. The zero-order chi connectivity index (χ0) is 15.5. The van der Waals surface area contributed by atoms with E-state index in [1.807, 2.05) is 10.6 Å². The fourth-order valence-electron chi connectivity index (χ4n) is 2.78. The topological polar surface area (TPSA) is 102 Å². The molecule has 22 heavy (non-hydrogen) atoms. The van der Waals surface area contributed by atoms with Gasteiger partial charge in [0.1, 0.15) is 0 Å². The molecule has 3 rings (SSSR count). The number of hydrogen-bond acceptors (Lipinski definition) is 6. The summed E-state index contributed by atoms with van der Waals surface area (Å²) in [5, 5.41) is 12.6. The molecule has 0 radical (unpaired) electrons. The Morgan fingerprint density at radius 3 is 3.00 bits per heavy atom. The second-order valence-corrected chi connectivity index (χ2v) is 5.67. The summed E-state index contributed by atoms with van der Waals surface area (Å²) in [6.07, 6.45) is 8.94. The molecule has 4 N–H and O–H groups in total. The first-order chi connectivity index (χ1) is 10.7. The summed E-state index contributed by atoms with van der Waals surface area (Å²) in [4.78, 5) is 13.1. The zero-order valence-electron chi connectivity index (χ0n) is 12.7. The van der Waals surface area contributed by atoms with Gasteiger partial charge in [0.15, 0.2) is 17.0 Å². The first kappa shape index (κ1) is 14.8. The fraction of sp³-hybridized carbons (Fsp3) is 0.533. The Bertz CT molecular complexity index is 680. The summed E-state index contributed by atoms with van der Waals surface area (Å²) in [6, 6.07) is 0.153. The lowest BCUT2D eigenvalue weighted by atomic mass is 10.1. The number of hydrogen-bond donors (Lipinski definition) is 3. The molecule has 7 heteroatoms. The van der Waals surface area contributed by atoms with Gasteiger partial charge in [-0.3, -0.25) is 0 Å². The number of rotatable bonds is 6. The van der Waals surface area contributed by atoms with E-state index in [0.717, 1.165) is 37.0 Å². The molecule has 0 bridgehead atoms. The molecule has 0 saturated carbocycles. The van der Waals surface area contributed by atoms with Crippen molar-refractivity contribution in [3.05, 3.63) is 18.5 Å². The lowest BCUT2D eigenvalue weighted by molar-refractivity contribution is 0.244. The Kier molecular flexibility index (Phi) is 4.24. The first-order valence-corrected chi connectivity index (χ1v) is 7.76. The minimum Gasteiger partial charge on any atom is -0.396 e.